The molecule has 0 aliphatic rings. The maximum absolute atomic E-state index is 12.5. The van der Waals surface area contributed by atoms with Crippen LogP contribution in [-0.2, 0) is 10.0 Å². The van der Waals surface area contributed by atoms with Crippen LogP contribution >= 0.6 is 0 Å². The van der Waals surface area contributed by atoms with Crippen molar-refractivity contribution < 1.29 is 17.9 Å². The van der Waals surface area contributed by atoms with E-state index in [0.29, 0.717) is 30.0 Å². The molecule has 0 aliphatic carbocycles. The van der Waals surface area contributed by atoms with Gasteiger partial charge in [-0.15, -0.1) is 0 Å². The number of hydrogen-bond acceptors (Lipinski definition) is 4. The van der Waals surface area contributed by atoms with Gasteiger partial charge in [0.15, 0.2) is 0 Å². The fourth-order valence-corrected chi connectivity index (χ4v) is 3.59. The Morgan fingerprint density at radius 1 is 1.08 bits per heavy atom. The lowest BCUT2D eigenvalue weighted by Gasteiger charge is -2.13. The maximum Gasteiger partial charge on any atom is 0.259 e. The van der Waals surface area contributed by atoms with Gasteiger partial charge < -0.3 is 10.1 Å². The monoisotopic (exact) mass is 376 g/mol. The zero-order valence-corrected chi connectivity index (χ0v) is 16.0. The topological polar surface area (TPSA) is 84.5 Å². The molecule has 6 nitrogen and oxygen atoms in total. The molecule has 0 heterocycles. The summed E-state index contributed by atoms with van der Waals surface area (Å²) in [7, 11) is -3.57. The predicted molar refractivity (Wildman–Crippen MR) is 102 cm³/mol. The van der Waals surface area contributed by atoms with E-state index in [2.05, 4.69) is 10.0 Å². The molecule has 0 radical (unpaired) electrons. The van der Waals surface area contributed by atoms with E-state index in [1.807, 2.05) is 20.8 Å². The molecule has 2 N–H and O–H groups in total. The number of sulfonamides is 1. The summed E-state index contributed by atoms with van der Waals surface area (Å²) in [6, 6.07) is 12.9. The van der Waals surface area contributed by atoms with Gasteiger partial charge in [-0.25, -0.2) is 13.1 Å². The van der Waals surface area contributed by atoms with Crippen molar-refractivity contribution in [1.82, 2.24) is 4.72 Å². The third-order valence-electron chi connectivity index (χ3n) is 3.82. The Hall–Kier alpha value is -2.38. The molecular formula is C19H24N2O4S. The third-order valence-corrected chi connectivity index (χ3v) is 5.43. The molecule has 0 bridgehead atoms. The first-order valence-electron chi connectivity index (χ1n) is 8.53. The number of hydrogen-bond donors (Lipinski definition) is 2. The van der Waals surface area contributed by atoms with Crippen LogP contribution in [0.25, 0.3) is 0 Å². The minimum Gasteiger partial charge on any atom is -0.493 e. The largest absolute Gasteiger partial charge is 0.493 e. The molecule has 1 atom stereocenters. The molecule has 1 amide bonds. The third kappa shape index (κ3) is 5.06. The fourth-order valence-electron chi connectivity index (χ4n) is 2.27. The SMILES string of the molecule is CCOc1ccccc1C(=O)Nc1ccc(S(=O)(=O)NC(C)CC)cc1. The second kappa shape index (κ2) is 8.82. The molecule has 0 saturated heterocycles. The van der Waals surface area contributed by atoms with E-state index in [1.54, 1.807) is 36.4 Å². The van der Waals surface area contributed by atoms with Crippen LogP contribution in [0, 0.1) is 0 Å². The Labute approximate surface area is 154 Å². The summed E-state index contributed by atoms with van der Waals surface area (Å²) in [5.41, 5.74) is 0.924. The standard InChI is InChI=1S/C19H24N2O4S/c1-4-14(3)21-26(23,24)16-12-10-15(11-13-16)20-19(22)17-8-6-7-9-18(17)25-5-2/h6-14,21H,4-5H2,1-3H3,(H,20,22). The van der Waals surface area contributed by atoms with Crippen LogP contribution in [0.4, 0.5) is 5.69 Å². The molecule has 140 valence electrons. The highest BCUT2D eigenvalue weighted by Crippen LogP contribution is 2.20. The van der Waals surface area contributed by atoms with Gasteiger partial charge in [-0.1, -0.05) is 19.1 Å². The number of nitrogens with one attached hydrogen (secondary N) is 2. The summed E-state index contributed by atoms with van der Waals surface area (Å²) in [6.45, 7) is 6.02. The molecule has 2 aromatic rings. The van der Waals surface area contributed by atoms with Crippen molar-refractivity contribution in [1.29, 1.82) is 0 Å². The number of carbonyl (C=O) groups excluding carboxylic acids is 1. The van der Waals surface area contributed by atoms with E-state index in [9.17, 15) is 13.2 Å². The number of rotatable bonds is 8. The number of carbonyl (C=O) groups is 1. The van der Waals surface area contributed by atoms with Crippen LogP contribution in [0.5, 0.6) is 5.75 Å². The molecule has 2 aromatic carbocycles. The van der Waals surface area contributed by atoms with Crippen LogP contribution in [0.1, 0.15) is 37.6 Å². The first-order chi connectivity index (χ1) is 12.4. The average molecular weight is 376 g/mol. The summed E-state index contributed by atoms with van der Waals surface area (Å²) >= 11 is 0. The number of anilines is 1. The zero-order valence-electron chi connectivity index (χ0n) is 15.2. The van der Waals surface area contributed by atoms with Gasteiger partial charge >= 0.3 is 0 Å². The highest BCUT2D eigenvalue weighted by molar-refractivity contribution is 7.89. The van der Waals surface area contributed by atoms with Crippen LogP contribution in [0.2, 0.25) is 0 Å². The summed E-state index contributed by atoms with van der Waals surface area (Å²) in [5.74, 6) is 0.187. The van der Waals surface area contributed by atoms with E-state index in [1.165, 1.54) is 12.1 Å². The summed E-state index contributed by atoms with van der Waals surface area (Å²) in [4.78, 5) is 12.6. The van der Waals surface area contributed by atoms with E-state index in [0.717, 1.165) is 0 Å². The molecule has 7 heteroatoms. The Kier molecular flexibility index (Phi) is 6.76. The Balaban J connectivity index is 2.13. The van der Waals surface area contributed by atoms with Crippen molar-refractivity contribution in [2.24, 2.45) is 0 Å². The highest BCUT2D eigenvalue weighted by atomic mass is 32.2. The van der Waals surface area contributed by atoms with Crippen molar-refractivity contribution in [2.75, 3.05) is 11.9 Å². The minimum atomic E-state index is -3.57. The van der Waals surface area contributed by atoms with Crippen molar-refractivity contribution in [3.8, 4) is 5.75 Å². The van der Waals surface area contributed by atoms with Gasteiger partial charge in [-0.3, -0.25) is 4.79 Å². The maximum atomic E-state index is 12.5. The summed E-state index contributed by atoms with van der Waals surface area (Å²) in [5, 5.41) is 2.75. The van der Waals surface area contributed by atoms with E-state index >= 15 is 0 Å². The van der Waals surface area contributed by atoms with E-state index in [-0.39, 0.29) is 16.8 Å². The normalized spacial score (nSPS) is 12.4. The number of benzene rings is 2. The van der Waals surface area contributed by atoms with Gasteiger partial charge in [-0.05, 0) is 56.7 Å². The van der Waals surface area contributed by atoms with E-state index in [4.69, 9.17) is 4.74 Å². The molecule has 0 aromatic heterocycles. The van der Waals surface area contributed by atoms with Gasteiger partial charge in [0.1, 0.15) is 5.75 Å². The van der Waals surface area contributed by atoms with Crippen molar-refractivity contribution in [3.63, 3.8) is 0 Å². The second-order valence-electron chi connectivity index (χ2n) is 5.84. The lowest BCUT2D eigenvalue weighted by Crippen LogP contribution is -2.31. The van der Waals surface area contributed by atoms with Crippen LogP contribution in [0.15, 0.2) is 53.4 Å². The Morgan fingerprint density at radius 3 is 2.35 bits per heavy atom. The second-order valence-corrected chi connectivity index (χ2v) is 7.55. The molecule has 2 rings (SSSR count). The van der Waals surface area contributed by atoms with Crippen LogP contribution in [-0.4, -0.2) is 27.0 Å². The molecule has 0 aliphatic heterocycles. The quantitative estimate of drug-likeness (QED) is 0.739. The Morgan fingerprint density at radius 2 is 1.73 bits per heavy atom. The van der Waals surface area contributed by atoms with Gasteiger partial charge in [0, 0.05) is 11.7 Å². The molecule has 1 unspecified atom stereocenters. The minimum absolute atomic E-state index is 0.144. The highest BCUT2D eigenvalue weighted by Gasteiger charge is 2.17. The predicted octanol–water partition coefficient (Wildman–Crippen LogP) is 3.41. The number of ether oxygens (including phenoxy) is 1. The lowest BCUT2D eigenvalue weighted by atomic mass is 10.2. The van der Waals surface area contributed by atoms with Crippen molar-refractivity contribution in [2.45, 2.75) is 38.1 Å². The first kappa shape index (κ1) is 19.9. The number of amides is 1. The molecule has 0 spiro atoms. The Bertz CT molecular complexity index is 848. The smallest absolute Gasteiger partial charge is 0.259 e. The molecule has 0 fully saturated rings. The van der Waals surface area contributed by atoms with Crippen LogP contribution < -0.4 is 14.8 Å². The van der Waals surface area contributed by atoms with Gasteiger partial charge in [-0.2, -0.15) is 0 Å². The van der Waals surface area contributed by atoms with Crippen LogP contribution in [0.3, 0.4) is 0 Å². The lowest BCUT2D eigenvalue weighted by molar-refractivity contribution is 0.102. The van der Waals surface area contributed by atoms with Gasteiger partial charge in [0.05, 0.1) is 17.1 Å². The average Bonchev–Trinajstić information content (AvgIpc) is 2.62. The fraction of sp³-hybridized carbons (Fsp3) is 0.316. The van der Waals surface area contributed by atoms with E-state index < -0.39 is 10.0 Å². The molecule has 0 saturated carbocycles. The van der Waals surface area contributed by atoms with Gasteiger partial charge in [0.25, 0.3) is 5.91 Å². The van der Waals surface area contributed by atoms with Gasteiger partial charge in [0.2, 0.25) is 10.0 Å². The molecule has 26 heavy (non-hydrogen) atoms. The summed E-state index contributed by atoms with van der Waals surface area (Å²) < 4.78 is 32.6. The summed E-state index contributed by atoms with van der Waals surface area (Å²) in [6.07, 6.45) is 0.701. The molecular weight excluding hydrogens is 352 g/mol. The van der Waals surface area contributed by atoms with Crippen molar-refractivity contribution >= 4 is 21.6 Å². The van der Waals surface area contributed by atoms with Crippen molar-refractivity contribution in [3.05, 3.63) is 54.1 Å². The zero-order chi connectivity index (χ0) is 19.2. The first-order valence-corrected chi connectivity index (χ1v) is 10.0. The number of para-hydroxylation sites is 1.